The Bertz CT molecular complexity index is 132. The molecule has 1 saturated heterocycles. The van der Waals surface area contributed by atoms with Crippen LogP contribution in [0.5, 0.6) is 0 Å². The summed E-state index contributed by atoms with van der Waals surface area (Å²) in [5.41, 5.74) is 0. The van der Waals surface area contributed by atoms with Crippen LogP contribution in [-0.2, 0) is 0 Å². The third kappa shape index (κ3) is 6.90. The van der Waals surface area contributed by atoms with E-state index >= 15 is 0 Å². The summed E-state index contributed by atoms with van der Waals surface area (Å²) in [6.45, 7) is 3.69. The topological polar surface area (TPSA) is 43.7 Å². The summed E-state index contributed by atoms with van der Waals surface area (Å²) in [4.78, 5) is 2.48. The van der Waals surface area contributed by atoms with E-state index in [1.807, 2.05) is 0 Å². The highest BCUT2D eigenvalue weighted by Crippen LogP contribution is 2.09. The highest BCUT2D eigenvalue weighted by Gasteiger charge is 2.10. The van der Waals surface area contributed by atoms with Gasteiger partial charge < -0.3 is 15.1 Å². The maximum atomic E-state index is 8.59. The molecule has 1 heterocycles. The molecule has 86 valence electrons. The van der Waals surface area contributed by atoms with Gasteiger partial charge in [-0.1, -0.05) is 0 Å². The smallest absolute Gasteiger partial charge is 0.160 e. The van der Waals surface area contributed by atoms with Crippen LogP contribution in [0.15, 0.2) is 0 Å². The predicted molar refractivity (Wildman–Crippen MR) is 63.1 cm³/mol. The van der Waals surface area contributed by atoms with Gasteiger partial charge in [0.2, 0.25) is 0 Å². The fourth-order valence-electron chi connectivity index (χ4n) is 1.59. The molecule has 2 N–H and O–H groups in total. The van der Waals surface area contributed by atoms with Gasteiger partial charge in [-0.15, -0.1) is 12.4 Å². The quantitative estimate of drug-likeness (QED) is 0.537. The largest absolute Gasteiger partial charge is 0.367 e. The minimum absolute atomic E-state index is 0. The van der Waals surface area contributed by atoms with E-state index in [9.17, 15) is 0 Å². The van der Waals surface area contributed by atoms with Crippen LogP contribution in [0, 0.1) is 0 Å². The maximum Gasteiger partial charge on any atom is 0.160 e. The van der Waals surface area contributed by atoms with Crippen LogP contribution in [0.4, 0.5) is 0 Å². The van der Waals surface area contributed by atoms with Gasteiger partial charge in [-0.2, -0.15) is 11.8 Å². The average molecular weight is 242 g/mol. The molecule has 0 unspecified atom stereocenters. The summed E-state index contributed by atoms with van der Waals surface area (Å²) in [6.07, 6.45) is 2.72. The van der Waals surface area contributed by atoms with E-state index < -0.39 is 6.29 Å². The molecule has 1 fully saturated rings. The van der Waals surface area contributed by atoms with Gasteiger partial charge in [0.1, 0.15) is 0 Å². The summed E-state index contributed by atoms with van der Waals surface area (Å²) >= 11 is 1.62. The van der Waals surface area contributed by atoms with Gasteiger partial charge in [0, 0.05) is 5.75 Å². The number of likely N-dealkylation sites (tertiary alicyclic amines) is 1. The number of halogens is 1. The number of aliphatic hydroxyl groups is 2. The Hall–Kier alpha value is 0.520. The number of rotatable bonds is 6. The van der Waals surface area contributed by atoms with Crippen molar-refractivity contribution in [3.05, 3.63) is 0 Å². The Morgan fingerprint density at radius 2 is 1.86 bits per heavy atom. The zero-order valence-corrected chi connectivity index (χ0v) is 10.0. The number of thioether (sulfide) groups is 1. The van der Waals surface area contributed by atoms with Gasteiger partial charge >= 0.3 is 0 Å². The molecule has 0 aromatic carbocycles. The first-order chi connectivity index (χ1) is 6.29. The molecular weight excluding hydrogens is 222 g/mol. The molecule has 0 radical (unpaired) electrons. The minimum atomic E-state index is -1.14. The maximum absolute atomic E-state index is 8.59. The van der Waals surface area contributed by atoms with Gasteiger partial charge in [0.25, 0.3) is 0 Å². The van der Waals surface area contributed by atoms with Crippen LogP contribution < -0.4 is 0 Å². The van der Waals surface area contributed by atoms with Crippen LogP contribution in [0.3, 0.4) is 0 Å². The van der Waals surface area contributed by atoms with E-state index in [1.54, 1.807) is 11.8 Å². The van der Waals surface area contributed by atoms with Crippen LogP contribution >= 0.6 is 24.2 Å². The third-order valence-corrected chi connectivity index (χ3v) is 3.34. The fourth-order valence-corrected chi connectivity index (χ4v) is 2.30. The second kappa shape index (κ2) is 8.80. The van der Waals surface area contributed by atoms with Crippen molar-refractivity contribution in [3.63, 3.8) is 0 Å². The summed E-state index contributed by atoms with van der Waals surface area (Å²) in [6, 6.07) is 0. The van der Waals surface area contributed by atoms with Crippen molar-refractivity contribution in [2.45, 2.75) is 25.6 Å². The second-order valence-corrected chi connectivity index (χ2v) is 4.61. The number of nitrogens with zero attached hydrogens (tertiary/aromatic N) is 1. The Morgan fingerprint density at radius 3 is 2.43 bits per heavy atom. The number of hydrogen-bond donors (Lipinski definition) is 2. The molecule has 3 nitrogen and oxygen atoms in total. The molecule has 5 heteroatoms. The molecule has 0 bridgehead atoms. The summed E-state index contributed by atoms with van der Waals surface area (Å²) < 4.78 is 0. The van der Waals surface area contributed by atoms with Crippen molar-refractivity contribution in [1.82, 2.24) is 4.90 Å². The molecule has 0 aromatic rings. The lowest BCUT2D eigenvalue weighted by Crippen LogP contribution is -2.21. The SMILES string of the molecule is Cl.OC(O)CSCCCN1CCCC1. The van der Waals surface area contributed by atoms with Crippen molar-refractivity contribution in [2.75, 3.05) is 31.1 Å². The average Bonchev–Trinajstić information content (AvgIpc) is 2.55. The van der Waals surface area contributed by atoms with Crippen molar-refractivity contribution in [2.24, 2.45) is 0 Å². The molecule has 0 aliphatic carbocycles. The molecule has 0 atom stereocenters. The van der Waals surface area contributed by atoms with Crippen molar-refractivity contribution in [3.8, 4) is 0 Å². The predicted octanol–water partition coefficient (Wildman–Crippen LogP) is 0.938. The minimum Gasteiger partial charge on any atom is -0.367 e. The molecule has 1 aliphatic rings. The highest BCUT2D eigenvalue weighted by atomic mass is 35.5. The summed E-state index contributed by atoms with van der Waals surface area (Å²) in [7, 11) is 0. The van der Waals surface area contributed by atoms with E-state index in [0.29, 0.717) is 5.75 Å². The summed E-state index contributed by atoms with van der Waals surface area (Å²) in [5, 5.41) is 17.2. The monoisotopic (exact) mass is 241 g/mol. The van der Waals surface area contributed by atoms with E-state index in [0.717, 1.165) is 12.2 Å². The van der Waals surface area contributed by atoms with Gasteiger partial charge in [-0.3, -0.25) is 0 Å². The van der Waals surface area contributed by atoms with Crippen LogP contribution in [0.1, 0.15) is 19.3 Å². The second-order valence-electron chi connectivity index (χ2n) is 3.46. The first-order valence-corrected chi connectivity index (χ1v) is 6.11. The highest BCUT2D eigenvalue weighted by molar-refractivity contribution is 7.99. The summed E-state index contributed by atoms with van der Waals surface area (Å²) in [5.74, 6) is 1.48. The molecule has 0 amide bonds. The lowest BCUT2D eigenvalue weighted by molar-refractivity contribution is -0.0186. The Kier molecular flexibility index (Phi) is 9.13. The molecule has 1 rings (SSSR count). The number of hydrogen-bond acceptors (Lipinski definition) is 4. The lowest BCUT2D eigenvalue weighted by atomic mass is 10.4. The van der Waals surface area contributed by atoms with Crippen LogP contribution in [0.25, 0.3) is 0 Å². The zero-order valence-electron chi connectivity index (χ0n) is 8.39. The first-order valence-electron chi connectivity index (χ1n) is 4.95. The molecule has 0 aromatic heterocycles. The Balaban J connectivity index is 0.00000169. The van der Waals surface area contributed by atoms with E-state index in [2.05, 4.69) is 4.90 Å². The van der Waals surface area contributed by atoms with Crippen molar-refractivity contribution in [1.29, 1.82) is 0 Å². The van der Waals surface area contributed by atoms with Crippen LogP contribution in [0.2, 0.25) is 0 Å². The molecule has 14 heavy (non-hydrogen) atoms. The van der Waals surface area contributed by atoms with E-state index in [-0.39, 0.29) is 12.4 Å². The van der Waals surface area contributed by atoms with E-state index in [4.69, 9.17) is 10.2 Å². The molecular formula is C9H20ClNO2S. The van der Waals surface area contributed by atoms with Gasteiger partial charge in [0.05, 0.1) is 0 Å². The standard InChI is InChI=1S/C9H19NO2S.ClH/c11-9(12)8-13-7-3-6-10-4-1-2-5-10;/h9,11-12H,1-8H2;1H. The number of aliphatic hydroxyl groups excluding tert-OH is 1. The first kappa shape index (κ1) is 14.5. The van der Waals surface area contributed by atoms with Gasteiger partial charge in [-0.05, 0) is 44.6 Å². The van der Waals surface area contributed by atoms with E-state index in [1.165, 1.54) is 32.5 Å². The fraction of sp³-hybridized carbons (Fsp3) is 1.00. The molecule has 0 spiro atoms. The van der Waals surface area contributed by atoms with Gasteiger partial charge in [0.15, 0.2) is 6.29 Å². The van der Waals surface area contributed by atoms with Gasteiger partial charge in [-0.25, -0.2) is 0 Å². The normalized spacial score (nSPS) is 17.4. The van der Waals surface area contributed by atoms with Crippen molar-refractivity contribution >= 4 is 24.2 Å². The molecule has 1 aliphatic heterocycles. The Morgan fingerprint density at radius 1 is 1.21 bits per heavy atom. The van der Waals surface area contributed by atoms with Crippen LogP contribution in [-0.4, -0.2) is 52.5 Å². The molecule has 0 saturated carbocycles. The zero-order chi connectivity index (χ0) is 9.52. The lowest BCUT2D eigenvalue weighted by Gasteiger charge is -2.13. The Labute approximate surface area is 96.3 Å². The third-order valence-electron chi connectivity index (χ3n) is 2.23. The van der Waals surface area contributed by atoms with Crippen molar-refractivity contribution < 1.29 is 10.2 Å².